The highest BCUT2D eigenvalue weighted by Gasteiger charge is 2.36. The second-order valence-electron chi connectivity index (χ2n) is 5.66. The lowest BCUT2D eigenvalue weighted by atomic mass is 9.87. The molecule has 1 heterocycles. The van der Waals surface area contributed by atoms with E-state index >= 15 is 0 Å². The highest BCUT2D eigenvalue weighted by Crippen LogP contribution is 2.35. The van der Waals surface area contributed by atoms with Crippen molar-refractivity contribution in [2.24, 2.45) is 5.92 Å². The van der Waals surface area contributed by atoms with Gasteiger partial charge in [-0.2, -0.15) is 0 Å². The molecule has 0 bridgehead atoms. The Balaban J connectivity index is 2.19. The number of benzene rings is 1. The summed E-state index contributed by atoms with van der Waals surface area (Å²) >= 11 is 0. The molecule has 1 aromatic carbocycles. The van der Waals surface area contributed by atoms with E-state index in [1.807, 2.05) is 0 Å². The van der Waals surface area contributed by atoms with Crippen LogP contribution in [0.2, 0.25) is 0 Å². The van der Waals surface area contributed by atoms with Crippen molar-refractivity contribution in [1.29, 1.82) is 0 Å². The molecule has 3 heteroatoms. The number of carboxylic acid groups (broad SMARTS) is 1. The summed E-state index contributed by atoms with van der Waals surface area (Å²) in [7, 11) is 0. The zero-order valence-electron chi connectivity index (χ0n) is 12.0. The monoisotopic (exact) mass is 261 g/mol. The number of rotatable bonds is 4. The van der Waals surface area contributed by atoms with Gasteiger partial charge >= 0.3 is 5.97 Å². The number of hydrogen-bond donors (Lipinski definition) is 1. The summed E-state index contributed by atoms with van der Waals surface area (Å²) in [6.07, 6.45) is 1.10. The van der Waals surface area contributed by atoms with Crippen molar-refractivity contribution in [3.05, 3.63) is 35.4 Å². The maximum Gasteiger partial charge on any atom is 0.320 e. The molecular weight excluding hydrogens is 238 g/mol. The van der Waals surface area contributed by atoms with E-state index in [0.29, 0.717) is 11.8 Å². The van der Waals surface area contributed by atoms with E-state index in [0.717, 1.165) is 19.5 Å². The first-order valence-electron chi connectivity index (χ1n) is 7.06. The molecule has 19 heavy (non-hydrogen) atoms. The normalized spacial score (nSPS) is 25.4. The first kappa shape index (κ1) is 14.1. The summed E-state index contributed by atoms with van der Waals surface area (Å²) in [6, 6.07) is 8.23. The summed E-state index contributed by atoms with van der Waals surface area (Å²) in [4.78, 5) is 13.2. The minimum absolute atomic E-state index is 0.385. The van der Waals surface area contributed by atoms with Crippen LogP contribution in [0.15, 0.2) is 24.3 Å². The van der Waals surface area contributed by atoms with Gasteiger partial charge in [-0.25, -0.2) is 0 Å². The van der Waals surface area contributed by atoms with Gasteiger partial charge < -0.3 is 5.11 Å². The molecule has 1 aliphatic heterocycles. The minimum atomic E-state index is -0.722. The van der Waals surface area contributed by atoms with Gasteiger partial charge in [0.05, 0.1) is 0 Å². The molecule has 3 nitrogen and oxygen atoms in total. The van der Waals surface area contributed by atoms with Crippen LogP contribution in [-0.2, 0) is 4.79 Å². The fourth-order valence-corrected chi connectivity index (χ4v) is 3.07. The maximum absolute atomic E-state index is 11.1. The average molecular weight is 261 g/mol. The second kappa shape index (κ2) is 5.74. The van der Waals surface area contributed by atoms with Gasteiger partial charge in [-0.05, 0) is 25.3 Å². The smallest absolute Gasteiger partial charge is 0.320 e. The Bertz CT molecular complexity index is 458. The lowest BCUT2D eigenvalue weighted by Gasteiger charge is -2.20. The molecule has 104 valence electrons. The van der Waals surface area contributed by atoms with Crippen LogP contribution in [0.3, 0.4) is 0 Å². The molecule has 0 spiro atoms. The fraction of sp³-hybridized carbons (Fsp3) is 0.562. The van der Waals surface area contributed by atoms with Crippen molar-refractivity contribution < 1.29 is 9.90 Å². The summed E-state index contributed by atoms with van der Waals surface area (Å²) in [5, 5.41) is 9.16. The van der Waals surface area contributed by atoms with Crippen LogP contribution in [0, 0.1) is 12.8 Å². The zero-order valence-corrected chi connectivity index (χ0v) is 12.0. The maximum atomic E-state index is 11.1. The molecule has 0 saturated carbocycles. The molecule has 1 N–H and O–H groups in total. The molecule has 0 aliphatic carbocycles. The first-order chi connectivity index (χ1) is 9.02. The van der Waals surface area contributed by atoms with E-state index in [4.69, 9.17) is 5.11 Å². The largest absolute Gasteiger partial charge is 0.480 e. The number of carbonyl (C=O) groups is 1. The SMILES string of the molecule is CCC1CN(C(C)C(=O)O)CC1c1cccc(C)c1. The highest BCUT2D eigenvalue weighted by atomic mass is 16.4. The van der Waals surface area contributed by atoms with Crippen molar-refractivity contribution in [2.45, 2.75) is 39.2 Å². The predicted octanol–water partition coefficient (Wildman–Crippen LogP) is 2.89. The summed E-state index contributed by atoms with van der Waals surface area (Å²) in [5.41, 5.74) is 2.63. The Morgan fingerprint density at radius 1 is 1.47 bits per heavy atom. The van der Waals surface area contributed by atoms with Gasteiger partial charge in [0, 0.05) is 19.0 Å². The van der Waals surface area contributed by atoms with E-state index in [9.17, 15) is 4.79 Å². The van der Waals surface area contributed by atoms with Gasteiger partial charge in [0.1, 0.15) is 6.04 Å². The molecule has 3 atom stereocenters. The second-order valence-corrected chi connectivity index (χ2v) is 5.66. The summed E-state index contributed by atoms with van der Waals surface area (Å²) < 4.78 is 0. The van der Waals surface area contributed by atoms with Gasteiger partial charge in [0.15, 0.2) is 0 Å². The Morgan fingerprint density at radius 2 is 2.21 bits per heavy atom. The predicted molar refractivity (Wildman–Crippen MR) is 76.4 cm³/mol. The van der Waals surface area contributed by atoms with Gasteiger partial charge in [0.2, 0.25) is 0 Å². The third-order valence-electron chi connectivity index (χ3n) is 4.37. The molecule has 1 aromatic rings. The zero-order chi connectivity index (χ0) is 14.0. The lowest BCUT2D eigenvalue weighted by Crippen LogP contribution is -2.37. The van der Waals surface area contributed by atoms with E-state index in [1.54, 1.807) is 6.92 Å². The van der Waals surface area contributed by atoms with Crippen molar-refractivity contribution in [1.82, 2.24) is 4.90 Å². The Hall–Kier alpha value is -1.35. The standard InChI is InChI=1S/C16H23NO2/c1-4-13-9-17(12(3)16(18)19)10-15(13)14-7-5-6-11(2)8-14/h5-8,12-13,15H,4,9-10H2,1-3H3,(H,18,19). The number of likely N-dealkylation sites (tertiary alicyclic amines) is 1. The highest BCUT2D eigenvalue weighted by molar-refractivity contribution is 5.73. The molecule has 0 amide bonds. The van der Waals surface area contributed by atoms with E-state index < -0.39 is 5.97 Å². The number of hydrogen-bond acceptors (Lipinski definition) is 2. The molecule has 3 unspecified atom stereocenters. The van der Waals surface area contributed by atoms with Crippen molar-refractivity contribution >= 4 is 5.97 Å². The number of nitrogens with zero attached hydrogens (tertiary/aromatic N) is 1. The van der Waals surface area contributed by atoms with Gasteiger partial charge in [0.25, 0.3) is 0 Å². The molecule has 0 radical (unpaired) electrons. The molecule has 0 aromatic heterocycles. The molecule has 1 fully saturated rings. The summed E-state index contributed by atoms with van der Waals surface area (Å²) in [5.74, 6) is 0.301. The van der Waals surface area contributed by atoms with Gasteiger partial charge in [-0.3, -0.25) is 9.69 Å². The Kier molecular flexibility index (Phi) is 4.25. The van der Waals surface area contributed by atoms with Crippen molar-refractivity contribution in [3.8, 4) is 0 Å². The molecule has 1 aliphatic rings. The molecule has 2 rings (SSSR count). The van der Waals surface area contributed by atoms with Crippen LogP contribution in [0.1, 0.15) is 37.3 Å². The van der Waals surface area contributed by atoms with Crippen LogP contribution in [-0.4, -0.2) is 35.1 Å². The van der Waals surface area contributed by atoms with E-state index in [-0.39, 0.29) is 6.04 Å². The average Bonchev–Trinajstić information content (AvgIpc) is 2.81. The van der Waals surface area contributed by atoms with Crippen LogP contribution < -0.4 is 0 Å². The fourth-order valence-electron chi connectivity index (χ4n) is 3.07. The summed E-state index contributed by atoms with van der Waals surface area (Å²) in [6.45, 7) is 7.84. The number of aryl methyl sites for hydroxylation is 1. The topological polar surface area (TPSA) is 40.5 Å². The Labute approximate surface area is 115 Å². The van der Waals surface area contributed by atoms with E-state index in [1.165, 1.54) is 11.1 Å². The minimum Gasteiger partial charge on any atom is -0.480 e. The number of aliphatic carboxylic acids is 1. The van der Waals surface area contributed by atoms with Crippen LogP contribution >= 0.6 is 0 Å². The molecular formula is C16H23NO2. The van der Waals surface area contributed by atoms with Gasteiger partial charge in [-0.1, -0.05) is 43.2 Å². The van der Waals surface area contributed by atoms with Crippen molar-refractivity contribution in [2.75, 3.05) is 13.1 Å². The lowest BCUT2D eigenvalue weighted by molar-refractivity contribution is -0.142. The van der Waals surface area contributed by atoms with Gasteiger partial charge in [-0.15, -0.1) is 0 Å². The third kappa shape index (κ3) is 2.98. The van der Waals surface area contributed by atoms with Crippen LogP contribution in [0.5, 0.6) is 0 Å². The van der Waals surface area contributed by atoms with E-state index in [2.05, 4.69) is 43.0 Å². The first-order valence-corrected chi connectivity index (χ1v) is 7.06. The quantitative estimate of drug-likeness (QED) is 0.906. The number of carboxylic acids is 1. The van der Waals surface area contributed by atoms with Crippen LogP contribution in [0.25, 0.3) is 0 Å². The van der Waals surface area contributed by atoms with Crippen LogP contribution in [0.4, 0.5) is 0 Å². The third-order valence-corrected chi connectivity index (χ3v) is 4.37. The molecule has 1 saturated heterocycles. The Morgan fingerprint density at radius 3 is 2.79 bits per heavy atom. The van der Waals surface area contributed by atoms with Crippen molar-refractivity contribution in [3.63, 3.8) is 0 Å².